The van der Waals surface area contributed by atoms with Gasteiger partial charge in [0.15, 0.2) is 0 Å². The number of Topliss-reactive ketones (excluding diaryl/α,β-unsaturated/α-hetero) is 1. The van der Waals surface area contributed by atoms with Crippen LogP contribution in [0.15, 0.2) is 42.0 Å². The number of unbranched alkanes of at least 4 members (excludes halogenated alkanes) is 1. The summed E-state index contributed by atoms with van der Waals surface area (Å²) in [5.74, 6) is -0.126. The van der Waals surface area contributed by atoms with Crippen molar-refractivity contribution in [1.29, 1.82) is 0 Å². The number of nitrogens with zero attached hydrogens (tertiary/aromatic N) is 2. The highest BCUT2D eigenvalue weighted by Crippen LogP contribution is 2.35. The summed E-state index contributed by atoms with van der Waals surface area (Å²) in [6, 6.07) is 4.76. The molecule has 1 aromatic rings. The van der Waals surface area contributed by atoms with Crippen molar-refractivity contribution in [3.05, 3.63) is 53.1 Å². The highest BCUT2D eigenvalue weighted by atomic mass is 127. The molecule has 4 rings (SSSR count). The lowest BCUT2D eigenvalue weighted by Gasteiger charge is -2.34. The lowest BCUT2D eigenvalue weighted by molar-refractivity contribution is -0.137. The van der Waals surface area contributed by atoms with E-state index in [4.69, 9.17) is 4.74 Å². The number of amides is 3. The van der Waals surface area contributed by atoms with E-state index in [1.807, 2.05) is 6.07 Å². The maximum absolute atomic E-state index is 13.1. The van der Waals surface area contributed by atoms with Crippen molar-refractivity contribution < 1.29 is 23.9 Å². The second kappa shape index (κ2) is 14.6. The van der Waals surface area contributed by atoms with E-state index in [0.717, 1.165) is 43.7 Å². The first kappa shape index (κ1) is 31.4. The zero-order valence-electron chi connectivity index (χ0n) is 24.0. The number of benzene rings is 1. The Morgan fingerprint density at radius 2 is 2.07 bits per heavy atom. The number of piperidine rings is 1. The van der Waals surface area contributed by atoms with Gasteiger partial charge in [0.05, 0.1) is 13.1 Å². The summed E-state index contributed by atoms with van der Waals surface area (Å²) >= 11 is 2.40. The topological polar surface area (TPSA) is 108 Å². The molecule has 0 bridgehead atoms. The molecule has 2 heterocycles. The average Bonchev–Trinajstić information content (AvgIpc) is 3.26. The first-order valence-electron chi connectivity index (χ1n) is 14.5. The van der Waals surface area contributed by atoms with Crippen LogP contribution in [0, 0.1) is 5.41 Å². The lowest BCUT2D eigenvalue weighted by Crippen LogP contribution is -2.52. The maximum Gasteiger partial charge on any atom is 0.255 e. The van der Waals surface area contributed by atoms with Crippen molar-refractivity contribution in [3.63, 3.8) is 0 Å². The van der Waals surface area contributed by atoms with Crippen molar-refractivity contribution in [2.45, 2.75) is 58.5 Å². The Bertz CT molecular complexity index is 1210. The third-order valence-corrected chi connectivity index (χ3v) is 8.60. The average molecular weight is 677 g/mol. The molecule has 0 spiro atoms. The number of ether oxygens (including phenoxy) is 1. The number of hydrogen-bond donors (Lipinski definition) is 2. The number of ketones is 1. The van der Waals surface area contributed by atoms with Gasteiger partial charge in [0, 0.05) is 42.6 Å². The summed E-state index contributed by atoms with van der Waals surface area (Å²) < 4.78 is 7.37. The molecule has 2 unspecified atom stereocenters. The molecule has 1 fully saturated rings. The Labute approximate surface area is 256 Å². The van der Waals surface area contributed by atoms with Gasteiger partial charge in [0.2, 0.25) is 11.8 Å². The molecule has 2 aliphatic heterocycles. The Balaban J connectivity index is 1.31. The van der Waals surface area contributed by atoms with E-state index in [2.05, 4.69) is 63.3 Å². The Morgan fingerprint density at radius 1 is 1.24 bits per heavy atom. The molecule has 10 heteroatoms. The van der Waals surface area contributed by atoms with Crippen LogP contribution in [0.2, 0.25) is 0 Å². The van der Waals surface area contributed by atoms with E-state index in [0.29, 0.717) is 30.9 Å². The van der Waals surface area contributed by atoms with Crippen molar-refractivity contribution in [2.75, 3.05) is 43.8 Å². The number of carbonyl (C=O) groups is 4. The van der Waals surface area contributed by atoms with E-state index in [9.17, 15) is 19.2 Å². The zero-order chi connectivity index (χ0) is 29.4. The van der Waals surface area contributed by atoms with Crippen LogP contribution in [-0.4, -0.2) is 83.1 Å². The van der Waals surface area contributed by atoms with Gasteiger partial charge in [-0.25, -0.2) is 0 Å². The maximum atomic E-state index is 13.1. The molecule has 9 nitrogen and oxygen atoms in total. The van der Waals surface area contributed by atoms with Crippen molar-refractivity contribution in [3.8, 4) is 5.75 Å². The number of imide groups is 1. The normalized spacial score (nSPS) is 22.1. The minimum atomic E-state index is -0.652. The van der Waals surface area contributed by atoms with Crippen LogP contribution in [-0.2, 0) is 20.9 Å². The molecule has 2 atom stereocenters. The fourth-order valence-electron chi connectivity index (χ4n) is 5.63. The highest BCUT2D eigenvalue weighted by molar-refractivity contribution is 14.1. The number of nitrogens with one attached hydrogen (secondary N) is 2. The second-order valence-corrected chi connectivity index (χ2v) is 12.6. The Hall–Kier alpha value is -2.57. The summed E-state index contributed by atoms with van der Waals surface area (Å²) in [6.07, 6.45) is 10.3. The number of allylic oxidation sites excluding steroid dienone is 1. The first-order valence-corrected chi connectivity index (χ1v) is 16.0. The van der Waals surface area contributed by atoms with Crippen LogP contribution >= 0.6 is 22.6 Å². The fraction of sp³-hybridized carbons (Fsp3) is 0.548. The van der Waals surface area contributed by atoms with Gasteiger partial charge in [0.25, 0.3) is 5.91 Å². The molecule has 222 valence electrons. The first-order chi connectivity index (χ1) is 19.7. The predicted molar refractivity (Wildman–Crippen MR) is 166 cm³/mol. The predicted octanol–water partition coefficient (Wildman–Crippen LogP) is 3.41. The number of halogens is 1. The molecule has 2 N–H and O–H groups in total. The highest BCUT2D eigenvalue weighted by Gasteiger charge is 2.40. The van der Waals surface area contributed by atoms with Gasteiger partial charge in [-0.1, -0.05) is 53.8 Å². The van der Waals surface area contributed by atoms with Crippen LogP contribution in [0.1, 0.15) is 61.9 Å². The quantitative estimate of drug-likeness (QED) is 0.127. The van der Waals surface area contributed by atoms with Crippen LogP contribution in [0.3, 0.4) is 0 Å². The molecule has 3 aliphatic rings. The van der Waals surface area contributed by atoms with Crippen LogP contribution in [0.5, 0.6) is 5.75 Å². The molecule has 41 heavy (non-hydrogen) atoms. The summed E-state index contributed by atoms with van der Waals surface area (Å²) in [4.78, 5) is 52.7. The largest absolute Gasteiger partial charge is 0.489 e. The second-order valence-electron chi connectivity index (χ2n) is 11.5. The summed E-state index contributed by atoms with van der Waals surface area (Å²) in [6.45, 7) is 8.48. The number of fused-ring (bicyclic) bond motifs is 1. The monoisotopic (exact) mass is 676 g/mol. The fourth-order valence-corrected chi connectivity index (χ4v) is 6.17. The van der Waals surface area contributed by atoms with Crippen LogP contribution in [0.4, 0.5) is 0 Å². The van der Waals surface area contributed by atoms with E-state index in [1.54, 1.807) is 19.1 Å². The third kappa shape index (κ3) is 8.48. The molecule has 3 amide bonds. The minimum Gasteiger partial charge on any atom is -0.489 e. The molecule has 0 radical (unpaired) electrons. The van der Waals surface area contributed by atoms with E-state index in [-0.39, 0.29) is 36.0 Å². The van der Waals surface area contributed by atoms with E-state index < -0.39 is 11.9 Å². The van der Waals surface area contributed by atoms with Gasteiger partial charge in [-0.15, -0.1) is 0 Å². The molecule has 1 aliphatic carbocycles. The van der Waals surface area contributed by atoms with Gasteiger partial charge in [-0.05, 0) is 61.3 Å². The molecule has 0 saturated carbocycles. The van der Waals surface area contributed by atoms with Crippen molar-refractivity contribution >= 4 is 46.1 Å². The summed E-state index contributed by atoms with van der Waals surface area (Å²) in [7, 11) is 0. The third-order valence-electron chi connectivity index (χ3n) is 7.84. The Morgan fingerprint density at radius 3 is 2.78 bits per heavy atom. The minimum absolute atomic E-state index is 0.0803. The number of rotatable bonds is 15. The zero-order valence-corrected chi connectivity index (χ0v) is 26.2. The van der Waals surface area contributed by atoms with E-state index in [1.165, 1.54) is 22.2 Å². The van der Waals surface area contributed by atoms with Gasteiger partial charge in [-0.3, -0.25) is 29.4 Å². The molecular weight excluding hydrogens is 635 g/mol. The van der Waals surface area contributed by atoms with Crippen molar-refractivity contribution in [1.82, 2.24) is 20.4 Å². The van der Waals surface area contributed by atoms with Gasteiger partial charge in [0.1, 0.15) is 24.2 Å². The van der Waals surface area contributed by atoms with Gasteiger partial charge in [-0.2, -0.15) is 0 Å². The van der Waals surface area contributed by atoms with Gasteiger partial charge >= 0.3 is 0 Å². The molecule has 1 saturated heterocycles. The summed E-state index contributed by atoms with van der Waals surface area (Å²) in [5.41, 5.74) is 2.29. The van der Waals surface area contributed by atoms with Crippen molar-refractivity contribution in [2.24, 2.45) is 5.41 Å². The SMILES string of the molecule is CC(=O)CN(CCNCCCCI)CC1(C)C=CC(COc2cccc3c2CN(C2CCC(=O)NC2=O)C3=O)=CC1. The summed E-state index contributed by atoms with van der Waals surface area (Å²) in [5, 5.41) is 5.84. The number of alkyl halides is 1. The molecule has 1 aromatic carbocycles. The number of carbonyl (C=O) groups excluding carboxylic acids is 4. The standard InChI is InChI=1S/C31H41IN4O5/c1-22(37)18-35(17-16-33-15-4-3-14-32)21-31(2)12-10-23(11-13-31)20-41-27-7-5-6-24-25(27)19-36(30(24)40)26-8-9-28(38)34-29(26)39/h5-7,10-12,26,33H,3-4,8-9,13-21H2,1-2H3,(H,34,38,39). The Kier molecular flexibility index (Phi) is 11.1. The molecule has 0 aromatic heterocycles. The number of hydrogen-bond acceptors (Lipinski definition) is 7. The smallest absolute Gasteiger partial charge is 0.255 e. The molecular formula is C31H41IN4O5. The van der Waals surface area contributed by atoms with E-state index >= 15 is 0 Å². The van der Waals surface area contributed by atoms with Crippen LogP contribution < -0.4 is 15.4 Å². The van der Waals surface area contributed by atoms with Gasteiger partial charge < -0.3 is 15.0 Å². The lowest BCUT2D eigenvalue weighted by atomic mass is 9.81. The van der Waals surface area contributed by atoms with Crippen LogP contribution in [0.25, 0.3) is 0 Å².